The Morgan fingerprint density at radius 1 is 1.15 bits per heavy atom. The Balaban J connectivity index is 2.26. The number of halogens is 3. The second-order valence-electron chi connectivity index (χ2n) is 4.74. The highest BCUT2D eigenvalue weighted by Gasteiger charge is 2.12. The van der Waals surface area contributed by atoms with E-state index in [9.17, 15) is 0 Å². The summed E-state index contributed by atoms with van der Waals surface area (Å²) >= 11 is 15.7. The molecule has 2 rings (SSSR count). The van der Waals surface area contributed by atoms with Crippen molar-refractivity contribution < 1.29 is 0 Å². The smallest absolute Gasteiger partial charge is 0.0511 e. The van der Waals surface area contributed by atoms with Crippen molar-refractivity contribution in [3.8, 4) is 0 Å². The molecule has 0 aliphatic heterocycles. The van der Waals surface area contributed by atoms with E-state index in [1.807, 2.05) is 43.3 Å². The molecule has 20 heavy (non-hydrogen) atoms. The molecule has 1 unspecified atom stereocenters. The third-order valence-corrected chi connectivity index (χ3v) is 4.57. The first-order valence-corrected chi connectivity index (χ1v) is 8.03. The van der Waals surface area contributed by atoms with E-state index in [4.69, 9.17) is 23.2 Å². The van der Waals surface area contributed by atoms with E-state index in [0.29, 0.717) is 0 Å². The largest absolute Gasteiger partial charge is 0.377 e. The maximum atomic E-state index is 6.20. The summed E-state index contributed by atoms with van der Waals surface area (Å²) in [6, 6.07) is 12.1. The zero-order chi connectivity index (χ0) is 14.7. The average molecular weight is 373 g/mol. The Bertz CT molecular complexity index is 596. The third kappa shape index (κ3) is 3.69. The minimum Gasteiger partial charge on any atom is -0.377 e. The predicted octanol–water partition coefficient (Wildman–Crippen LogP) is 6.63. The first kappa shape index (κ1) is 15.7. The monoisotopic (exact) mass is 371 g/mol. The van der Waals surface area contributed by atoms with Crippen LogP contribution >= 0.6 is 39.1 Å². The van der Waals surface area contributed by atoms with E-state index < -0.39 is 0 Å². The van der Waals surface area contributed by atoms with Gasteiger partial charge >= 0.3 is 0 Å². The van der Waals surface area contributed by atoms with Gasteiger partial charge in [0.05, 0.1) is 11.7 Å². The average Bonchev–Trinajstić information content (AvgIpc) is 2.42. The standard InChI is InChI=1S/C16H16BrCl2N/c1-3-15(11-4-6-12(18)7-5-11)20-16-9-14(19)10(2)8-13(16)17/h4-9,15,20H,3H2,1-2H3. The van der Waals surface area contributed by atoms with Gasteiger partial charge in [-0.3, -0.25) is 0 Å². The normalized spacial score (nSPS) is 12.2. The highest BCUT2D eigenvalue weighted by molar-refractivity contribution is 9.10. The van der Waals surface area contributed by atoms with Crippen LogP contribution in [0.3, 0.4) is 0 Å². The predicted molar refractivity (Wildman–Crippen MR) is 92.0 cm³/mol. The molecule has 0 spiro atoms. The Hall–Kier alpha value is -0.700. The van der Waals surface area contributed by atoms with Crippen molar-refractivity contribution in [2.75, 3.05) is 5.32 Å². The van der Waals surface area contributed by atoms with E-state index in [0.717, 1.165) is 32.2 Å². The zero-order valence-corrected chi connectivity index (χ0v) is 14.5. The molecule has 0 amide bonds. The fraction of sp³-hybridized carbons (Fsp3) is 0.250. The lowest BCUT2D eigenvalue weighted by Crippen LogP contribution is -2.10. The fourth-order valence-electron chi connectivity index (χ4n) is 2.06. The van der Waals surface area contributed by atoms with Gasteiger partial charge in [0.25, 0.3) is 0 Å². The molecule has 0 aliphatic rings. The molecule has 0 saturated carbocycles. The van der Waals surface area contributed by atoms with Crippen LogP contribution in [-0.2, 0) is 0 Å². The van der Waals surface area contributed by atoms with Gasteiger partial charge in [0, 0.05) is 14.5 Å². The molecule has 0 bridgehead atoms. The molecule has 1 N–H and O–H groups in total. The summed E-state index contributed by atoms with van der Waals surface area (Å²) in [5, 5.41) is 5.04. The Labute approximate surface area is 138 Å². The number of benzene rings is 2. The first-order chi connectivity index (χ1) is 9.51. The first-order valence-electron chi connectivity index (χ1n) is 6.49. The van der Waals surface area contributed by atoms with Gasteiger partial charge in [-0.2, -0.15) is 0 Å². The van der Waals surface area contributed by atoms with Crippen LogP contribution in [0.5, 0.6) is 0 Å². The summed E-state index contributed by atoms with van der Waals surface area (Å²) in [5.41, 5.74) is 3.27. The van der Waals surface area contributed by atoms with Crippen molar-refractivity contribution in [3.05, 3.63) is 62.0 Å². The van der Waals surface area contributed by atoms with Gasteiger partial charge in [0.1, 0.15) is 0 Å². The van der Waals surface area contributed by atoms with Crippen molar-refractivity contribution in [3.63, 3.8) is 0 Å². The second kappa shape index (κ2) is 6.84. The van der Waals surface area contributed by atoms with Crippen molar-refractivity contribution >= 4 is 44.8 Å². The van der Waals surface area contributed by atoms with Gasteiger partial charge < -0.3 is 5.32 Å². The van der Waals surface area contributed by atoms with Gasteiger partial charge in [-0.15, -0.1) is 0 Å². The van der Waals surface area contributed by atoms with Gasteiger partial charge in [-0.25, -0.2) is 0 Å². The van der Waals surface area contributed by atoms with Crippen LogP contribution < -0.4 is 5.32 Å². The molecular formula is C16H16BrCl2N. The topological polar surface area (TPSA) is 12.0 Å². The molecule has 0 aliphatic carbocycles. The van der Waals surface area contributed by atoms with Gasteiger partial charge in [-0.1, -0.05) is 42.3 Å². The number of hydrogen-bond acceptors (Lipinski definition) is 1. The zero-order valence-electron chi connectivity index (χ0n) is 11.4. The summed E-state index contributed by atoms with van der Waals surface area (Å²) in [4.78, 5) is 0. The van der Waals surface area contributed by atoms with Crippen molar-refractivity contribution in [1.82, 2.24) is 0 Å². The lowest BCUT2D eigenvalue weighted by molar-refractivity contribution is 0.749. The Morgan fingerprint density at radius 3 is 2.40 bits per heavy atom. The van der Waals surface area contributed by atoms with E-state index in [-0.39, 0.29) is 6.04 Å². The van der Waals surface area contributed by atoms with Crippen molar-refractivity contribution in [2.24, 2.45) is 0 Å². The van der Waals surface area contributed by atoms with Gasteiger partial charge in [0.2, 0.25) is 0 Å². The number of hydrogen-bond donors (Lipinski definition) is 1. The van der Waals surface area contributed by atoms with Gasteiger partial charge in [-0.05, 0) is 64.7 Å². The summed E-state index contributed by atoms with van der Waals surface area (Å²) in [6.07, 6.45) is 0.972. The lowest BCUT2D eigenvalue weighted by Gasteiger charge is -2.20. The Morgan fingerprint density at radius 2 is 1.80 bits per heavy atom. The number of nitrogens with one attached hydrogen (secondary N) is 1. The third-order valence-electron chi connectivity index (χ3n) is 3.26. The van der Waals surface area contributed by atoms with Crippen LogP contribution in [0.4, 0.5) is 5.69 Å². The molecule has 1 atom stereocenters. The summed E-state index contributed by atoms with van der Waals surface area (Å²) in [6.45, 7) is 4.14. The molecule has 2 aromatic rings. The molecular weight excluding hydrogens is 357 g/mol. The lowest BCUT2D eigenvalue weighted by atomic mass is 10.0. The maximum absolute atomic E-state index is 6.20. The molecule has 0 fully saturated rings. The minimum absolute atomic E-state index is 0.224. The van der Waals surface area contributed by atoms with Crippen LogP contribution in [-0.4, -0.2) is 0 Å². The molecule has 0 heterocycles. The van der Waals surface area contributed by atoms with E-state index in [1.165, 1.54) is 5.56 Å². The quantitative estimate of drug-likeness (QED) is 0.635. The van der Waals surface area contributed by atoms with E-state index >= 15 is 0 Å². The van der Waals surface area contributed by atoms with Crippen LogP contribution in [0.2, 0.25) is 10.0 Å². The molecule has 0 radical (unpaired) electrons. The highest BCUT2D eigenvalue weighted by Crippen LogP contribution is 2.32. The Kier molecular flexibility index (Phi) is 5.36. The minimum atomic E-state index is 0.224. The fourth-order valence-corrected chi connectivity index (χ4v) is 2.92. The molecule has 2 aromatic carbocycles. The highest BCUT2D eigenvalue weighted by atomic mass is 79.9. The summed E-state index contributed by atoms with van der Waals surface area (Å²) in [7, 11) is 0. The maximum Gasteiger partial charge on any atom is 0.0511 e. The van der Waals surface area contributed by atoms with Crippen LogP contribution in [0.15, 0.2) is 40.9 Å². The molecule has 4 heteroatoms. The van der Waals surface area contributed by atoms with Crippen LogP contribution in [0, 0.1) is 6.92 Å². The molecule has 1 nitrogen and oxygen atoms in total. The molecule has 0 saturated heterocycles. The number of aryl methyl sites for hydroxylation is 1. The van der Waals surface area contributed by atoms with E-state index in [1.54, 1.807) is 0 Å². The van der Waals surface area contributed by atoms with Crippen molar-refractivity contribution in [1.29, 1.82) is 0 Å². The second-order valence-corrected chi connectivity index (χ2v) is 6.44. The van der Waals surface area contributed by atoms with Crippen molar-refractivity contribution in [2.45, 2.75) is 26.3 Å². The molecule has 106 valence electrons. The molecule has 0 aromatic heterocycles. The van der Waals surface area contributed by atoms with Crippen LogP contribution in [0.1, 0.15) is 30.5 Å². The summed E-state index contributed by atoms with van der Waals surface area (Å²) < 4.78 is 1.02. The van der Waals surface area contributed by atoms with Gasteiger partial charge in [0.15, 0.2) is 0 Å². The van der Waals surface area contributed by atoms with E-state index in [2.05, 4.69) is 28.2 Å². The summed E-state index contributed by atoms with van der Waals surface area (Å²) in [5.74, 6) is 0. The number of anilines is 1. The number of rotatable bonds is 4. The van der Waals surface area contributed by atoms with Crippen LogP contribution in [0.25, 0.3) is 0 Å². The SMILES string of the molecule is CCC(Nc1cc(Cl)c(C)cc1Br)c1ccc(Cl)cc1.